The van der Waals surface area contributed by atoms with Crippen LogP contribution in [-0.4, -0.2) is 16.9 Å². The van der Waals surface area contributed by atoms with Gasteiger partial charge in [-0.3, -0.25) is 20.2 Å². The van der Waals surface area contributed by atoms with Gasteiger partial charge in [0.25, 0.3) is 11.4 Å². The second-order valence-corrected chi connectivity index (χ2v) is 7.19. The van der Waals surface area contributed by atoms with Crippen molar-refractivity contribution in [3.8, 4) is 0 Å². The number of anilines is 2. The van der Waals surface area contributed by atoms with Gasteiger partial charge in [0.15, 0.2) is 11.6 Å². The Bertz CT molecular complexity index is 1020. The molecule has 0 spiro atoms. The maximum absolute atomic E-state index is 14.2. The second-order valence-electron chi connectivity index (χ2n) is 5.35. The van der Waals surface area contributed by atoms with Crippen LogP contribution in [0.25, 0.3) is 0 Å². The first kappa shape index (κ1) is 23.3. The van der Waals surface area contributed by atoms with E-state index in [2.05, 4.69) is 0 Å². The van der Waals surface area contributed by atoms with E-state index >= 15 is 0 Å². The number of hydrogen-bond acceptors (Lipinski definition) is 5. The Balaban J connectivity index is 2.98. The third-order valence-electron chi connectivity index (χ3n) is 3.64. The highest BCUT2D eigenvalue weighted by Gasteiger charge is 2.42. The van der Waals surface area contributed by atoms with Crippen LogP contribution in [0.4, 0.5) is 44.7 Å². The SMILES string of the molecule is CN(c1c([N+](=O)[O-])cc([N+](=O)[O-])cc1C(F)(F)F)c1c(Cl)c(F)c(I)c(F)c1Cl. The van der Waals surface area contributed by atoms with Gasteiger partial charge in [-0.1, -0.05) is 23.2 Å². The molecule has 2 aromatic carbocycles. The van der Waals surface area contributed by atoms with Crippen molar-refractivity contribution >= 4 is 68.5 Å². The highest BCUT2D eigenvalue weighted by atomic mass is 127. The van der Waals surface area contributed by atoms with Crippen molar-refractivity contribution in [3.63, 3.8) is 0 Å². The van der Waals surface area contributed by atoms with Crippen LogP contribution in [0.1, 0.15) is 5.56 Å². The van der Waals surface area contributed by atoms with E-state index in [1.165, 1.54) is 22.6 Å². The first-order valence-corrected chi connectivity index (χ1v) is 8.82. The molecule has 0 aliphatic rings. The maximum Gasteiger partial charge on any atom is 0.418 e. The summed E-state index contributed by atoms with van der Waals surface area (Å²) in [5, 5.41) is 20.4. The number of non-ortho nitro benzene ring substituents is 1. The summed E-state index contributed by atoms with van der Waals surface area (Å²) < 4.78 is 68.3. The predicted molar refractivity (Wildman–Crippen MR) is 102 cm³/mol. The average molecular weight is 572 g/mol. The quantitative estimate of drug-likeness (QED) is 0.105. The number of halogens is 8. The van der Waals surface area contributed by atoms with Gasteiger partial charge in [-0.2, -0.15) is 13.2 Å². The smallest absolute Gasteiger partial charge is 0.336 e. The van der Waals surface area contributed by atoms with Crippen molar-refractivity contribution in [2.45, 2.75) is 6.18 Å². The number of benzene rings is 2. The first-order chi connectivity index (χ1) is 13.2. The van der Waals surface area contributed by atoms with Crippen LogP contribution in [-0.2, 0) is 6.18 Å². The van der Waals surface area contributed by atoms with Crippen LogP contribution in [0, 0.1) is 35.4 Å². The van der Waals surface area contributed by atoms with Crippen LogP contribution in [0.15, 0.2) is 12.1 Å². The van der Waals surface area contributed by atoms with Gasteiger partial charge in [-0.15, -0.1) is 0 Å². The molecule has 0 atom stereocenters. The van der Waals surface area contributed by atoms with Crippen molar-refractivity contribution in [3.05, 3.63) is 63.2 Å². The van der Waals surface area contributed by atoms with E-state index in [0.717, 1.165) is 7.05 Å². The molecule has 0 bridgehead atoms. The lowest BCUT2D eigenvalue weighted by molar-refractivity contribution is -0.394. The van der Waals surface area contributed by atoms with Crippen molar-refractivity contribution in [2.75, 3.05) is 11.9 Å². The summed E-state index contributed by atoms with van der Waals surface area (Å²) in [6.07, 6.45) is -5.31. The molecular formula is C14H5Cl2F5IN3O4. The van der Waals surface area contributed by atoms with E-state index in [0.29, 0.717) is 4.90 Å². The number of nitro groups is 2. The number of alkyl halides is 3. The van der Waals surface area contributed by atoms with Crippen LogP contribution in [0.3, 0.4) is 0 Å². The molecule has 2 rings (SSSR count). The highest BCUT2D eigenvalue weighted by Crippen LogP contribution is 2.49. The minimum absolute atomic E-state index is 0.0556. The largest absolute Gasteiger partial charge is 0.418 e. The summed E-state index contributed by atoms with van der Waals surface area (Å²) in [5.74, 6) is -2.71. The predicted octanol–water partition coefficient (Wildman–Crippen LogP) is 6.48. The van der Waals surface area contributed by atoms with Gasteiger partial charge in [-0.25, -0.2) is 8.78 Å². The third-order valence-corrected chi connectivity index (χ3v) is 5.28. The monoisotopic (exact) mass is 571 g/mol. The van der Waals surface area contributed by atoms with E-state index in [4.69, 9.17) is 23.2 Å². The van der Waals surface area contributed by atoms with Crippen molar-refractivity contribution in [2.24, 2.45) is 0 Å². The number of nitrogens with zero attached hydrogens (tertiary/aromatic N) is 3. The molecule has 15 heteroatoms. The molecule has 7 nitrogen and oxygen atoms in total. The number of hydrogen-bond donors (Lipinski definition) is 0. The zero-order valence-corrected chi connectivity index (χ0v) is 17.3. The van der Waals surface area contributed by atoms with Gasteiger partial charge in [0.2, 0.25) is 0 Å². The first-order valence-electron chi connectivity index (χ1n) is 6.99. The summed E-state index contributed by atoms with van der Waals surface area (Å²) >= 11 is 12.8. The Morgan fingerprint density at radius 2 is 1.48 bits per heavy atom. The van der Waals surface area contributed by atoms with E-state index in [-0.39, 0.29) is 12.1 Å². The summed E-state index contributed by atoms with van der Waals surface area (Å²) in [6, 6.07) is 0.336. The molecular weight excluding hydrogens is 567 g/mol. The Labute approximate surface area is 181 Å². The van der Waals surface area contributed by atoms with Gasteiger partial charge in [-0.05, 0) is 22.6 Å². The lowest BCUT2D eigenvalue weighted by Crippen LogP contribution is -2.20. The molecule has 29 heavy (non-hydrogen) atoms. The Hall–Kier alpha value is -2.00. The fraction of sp³-hybridized carbons (Fsp3) is 0.143. The van der Waals surface area contributed by atoms with Crippen LogP contribution in [0.2, 0.25) is 10.0 Å². The minimum atomic E-state index is -5.31. The van der Waals surface area contributed by atoms with Crippen LogP contribution < -0.4 is 4.90 Å². The molecule has 0 amide bonds. The molecule has 0 fully saturated rings. The third kappa shape index (κ3) is 4.16. The van der Waals surface area contributed by atoms with E-state index in [1.807, 2.05) is 0 Å². The Morgan fingerprint density at radius 3 is 1.86 bits per heavy atom. The fourth-order valence-corrected chi connectivity index (χ4v) is 3.96. The molecule has 0 saturated heterocycles. The average Bonchev–Trinajstić information content (AvgIpc) is 2.62. The van der Waals surface area contributed by atoms with Gasteiger partial charge in [0.05, 0.1) is 30.7 Å². The molecule has 156 valence electrons. The summed E-state index contributed by atoms with van der Waals surface area (Å²) in [4.78, 5) is 20.0. The van der Waals surface area contributed by atoms with Crippen molar-refractivity contribution < 1.29 is 31.8 Å². The maximum atomic E-state index is 14.2. The normalized spacial score (nSPS) is 11.5. The molecule has 0 heterocycles. The summed E-state index contributed by atoms with van der Waals surface area (Å²) in [5.41, 5.74) is -6.42. The minimum Gasteiger partial charge on any atom is -0.336 e. The lowest BCUT2D eigenvalue weighted by Gasteiger charge is -2.25. The molecule has 0 saturated carbocycles. The molecule has 0 radical (unpaired) electrons. The number of nitro benzene ring substituents is 2. The van der Waals surface area contributed by atoms with Crippen molar-refractivity contribution in [1.29, 1.82) is 0 Å². The van der Waals surface area contributed by atoms with E-state index in [9.17, 15) is 42.2 Å². The lowest BCUT2D eigenvalue weighted by atomic mass is 10.1. The standard InChI is InChI=1S/C14H5Cl2F5IN3O4/c1-23(13-7(15)9(17)11(22)10(18)8(13)16)12-5(14(19,20)21)2-4(24(26)27)3-6(12)25(28)29/h2-3H,1H3. The zero-order chi connectivity index (χ0) is 22.4. The zero-order valence-electron chi connectivity index (χ0n) is 13.7. The molecule has 0 unspecified atom stereocenters. The molecule has 0 N–H and O–H groups in total. The fourth-order valence-electron chi connectivity index (χ4n) is 2.42. The molecule has 0 aliphatic heterocycles. The molecule has 0 aromatic heterocycles. The van der Waals surface area contributed by atoms with Crippen LogP contribution >= 0.6 is 45.8 Å². The Morgan fingerprint density at radius 1 is 1.00 bits per heavy atom. The van der Waals surface area contributed by atoms with Gasteiger partial charge in [0, 0.05) is 13.1 Å². The number of rotatable bonds is 4. The Kier molecular flexibility index (Phi) is 6.44. The van der Waals surface area contributed by atoms with Crippen molar-refractivity contribution in [1.82, 2.24) is 0 Å². The second kappa shape index (κ2) is 8.02. The van der Waals surface area contributed by atoms with Gasteiger partial charge < -0.3 is 4.90 Å². The topological polar surface area (TPSA) is 89.5 Å². The van der Waals surface area contributed by atoms with E-state index in [1.54, 1.807) is 0 Å². The molecule has 0 aliphatic carbocycles. The van der Waals surface area contributed by atoms with Crippen LogP contribution in [0.5, 0.6) is 0 Å². The van der Waals surface area contributed by atoms with Gasteiger partial charge >= 0.3 is 6.18 Å². The van der Waals surface area contributed by atoms with Gasteiger partial charge in [0.1, 0.15) is 15.7 Å². The summed E-state index contributed by atoms with van der Waals surface area (Å²) in [6.45, 7) is 0. The van der Waals surface area contributed by atoms with E-state index < -0.39 is 69.6 Å². The molecule has 2 aromatic rings. The highest BCUT2D eigenvalue weighted by molar-refractivity contribution is 14.1. The summed E-state index contributed by atoms with van der Waals surface area (Å²) in [7, 11) is 0.794.